The van der Waals surface area contributed by atoms with Gasteiger partial charge in [0.25, 0.3) is 6.29 Å². The summed E-state index contributed by atoms with van der Waals surface area (Å²) in [7, 11) is 0. The maximum absolute atomic E-state index is 14.9. The van der Waals surface area contributed by atoms with Crippen molar-refractivity contribution in [1.82, 2.24) is 0 Å². The van der Waals surface area contributed by atoms with E-state index in [1.54, 1.807) is 0 Å². The smallest absolute Gasteiger partial charge is 0.336 e. The van der Waals surface area contributed by atoms with Gasteiger partial charge in [0.1, 0.15) is 18.0 Å². The third-order valence-corrected chi connectivity index (χ3v) is 17.1. The number of hydrogen-bond donors (Lipinski definition) is 5. The number of ether oxygens (including phenoxy) is 4. The summed E-state index contributed by atoms with van der Waals surface area (Å²) >= 11 is 0. The number of rotatable bonds is 8. The van der Waals surface area contributed by atoms with Crippen molar-refractivity contribution in [3.8, 4) is 0 Å². The Morgan fingerprint density at radius 3 is 2.05 bits per heavy atom. The summed E-state index contributed by atoms with van der Waals surface area (Å²) in [4.78, 5) is 52.5. The predicted octanol–water partition coefficient (Wildman–Crippen LogP) is 5.87. The molecule has 0 radical (unpaired) electrons. The molecule has 5 fully saturated rings. The molecule has 5 N–H and O–H groups in total. The first-order chi connectivity index (χ1) is 27.0. The second-order valence-electron chi connectivity index (χ2n) is 21.0. The summed E-state index contributed by atoms with van der Waals surface area (Å²) in [5.74, 6) is -2.21. The number of hydrogen-bond acceptors (Lipinski definition) is 11. The van der Waals surface area contributed by atoms with Crippen molar-refractivity contribution in [2.45, 2.75) is 156 Å². The molecule has 5 unspecified atom stereocenters. The molecule has 2 aliphatic heterocycles. The number of carboxylic acids is 2. The highest BCUT2D eigenvalue weighted by molar-refractivity contribution is 5.95. The number of allylic oxidation sites excluding steroid dienone is 2. The quantitative estimate of drug-likeness (QED) is 0.195. The van der Waals surface area contributed by atoms with Crippen LogP contribution in [0, 0.1) is 62.6 Å². The van der Waals surface area contributed by atoms with E-state index < -0.39 is 66.2 Å². The van der Waals surface area contributed by atoms with E-state index >= 15 is 0 Å². The highest BCUT2D eigenvalue weighted by Gasteiger charge is 2.68. The van der Waals surface area contributed by atoms with E-state index in [4.69, 9.17) is 18.9 Å². The van der Waals surface area contributed by atoms with Gasteiger partial charge >= 0.3 is 11.9 Å². The van der Waals surface area contributed by atoms with E-state index in [1.165, 1.54) is 5.57 Å². The Labute approximate surface area is 340 Å². The van der Waals surface area contributed by atoms with Gasteiger partial charge in [0, 0.05) is 17.3 Å². The third kappa shape index (κ3) is 6.43. The Hall–Kier alpha value is -3.10. The molecule has 2 heterocycles. The second kappa shape index (κ2) is 14.0. The van der Waals surface area contributed by atoms with Crippen LogP contribution in [-0.4, -0.2) is 92.1 Å². The molecule has 0 amide bonds. The van der Waals surface area contributed by atoms with Crippen molar-refractivity contribution in [2.24, 2.45) is 62.6 Å². The van der Waals surface area contributed by atoms with Crippen LogP contribution in [0.2, 0.25) is 0 Å². The van der Waals surface area contributed by atoms with Crippen molar-refractivity contribution in [3.05, 3.63) is 35.3 Å². The minimum Gasteiger partial charge on any atom is -0.506 e. The molecule has 17 atom stereocenters. The van der Waals surface area contributed by atoms with Crippen LogP contribution < -0.4 is 0 Å². The number of carboxylic acid groups (broad SMARTS) is 2. The summed E-state index contributed by atoms with van der Waals surface area (Å²) in [6.07, 6.45) is 2.22. The van der Waals surface area contributed by atoms with Gasteiger partial charge in [-0.3, -0.25) is 9.59 Å². The lowest BCUT2D eigenvalue weighted by Gasteiger charge is -2.67. The molecular weight excluding hydrogens is 748 g/mol. The number of Topliss-reactive ketones (excluding diaryl/α,β-unsaturated/α-hetero) is 1. The zero-order valence-electron chi connectivity index (χ0n) is 34.8. The molecule has 58 heavy (non-hydrogen) atoms. The molecule has 8 rings (SSSR count). The van der Waals surface area contributed by atoms with E-state index in [0.717, 1.165) is 63.5 Å². The summed E-state index contributed by atoms with van der Waals surface area (Å²) in [5, 5.41) is 50.7. The second-order valence-corrected chi connectivity index (χ2v) is 21.0. The zero-order chi connectivity index (χ0) is 42.1. The van der Waals surface area contributed by atoms with E-state index in [2.05, 4.69) is 48.5 Å². The highest BCUT2D eigenvalue weighted by atomic mass is 16.7. The summed E-state index contributed by atoms with van der Waals surface area (Å²) in [6, 6.07) is 0. The number of aliphatic hydroxyl groups is 3. The lowest BCUT2D eigenvalue weighted by Crippen LogP contribution is -2.64. The fourth-order valence-corrected chi connectivity index (χ4v) is 13.7. The molecule has 320 valence electrons. The molecular formula is C45H62O13. The van der Waals surface area contributed by atoms with Crippen LogP contribution in [0.3, 0.4) is 0 Å². The molecule has 0 aromatic rings. The van der Waals surface area contributed by atoms with Crippen LogP contribution in [0.1, 0.15) is 113 Å². The Morgan fingerprint density at radius 1 is 0.793 bits per heavy atom. The van der Waals surface area contributed by atoms with E-state index in [-0.39, 0.29) is 62.8 Å². The monoisotopic (exact) mass is 810 g/mol. The fourth-order valence-electron chi connectivity index (χ4n) is 13.7. The van der Waals surface area contributed by atoms with Gasteiger partial charge in [-0.25, -0.2) is 9.59 Å². The molecule has 0 bridgehead atoms. The lowest BCUT2D eigenvalue weighted by atomic mass is 9.37. The van der Waals surface area contributed by atoms with Crippen LogP contribution in [0.4, 0.5) is 0 Å². The van der Waals surface area contributed by atoms with Gasteiger partial charge in [0.2, 0.25) is 6.29 Å². The first-order valence-corrected chi connectivity index (χ1v) is 21.4. The molecule has 6 aliphatic carbocycles. The van der Waals surface area contributed by atoms with E-state index in [1.807, 2.05) is 6.08 Å². The Morgan fingerprint density at radius 2 is 1.41 bits per heavy atom. The standard InChI is InChI=1S/C45H62O13/c1-21-16-22(21)36(50)43(5)15-14-42(4)11-8-24-23(25(42)20-43)17-28(48)35-44(24,6)12-9-31-41(2,3)32(10-13-45(31,35)7)56-40-30(19-27(47)34(58-40)38(53)54)55-39-29(49)18-26(46)33(57-39)37(51)52/h17-19,21-22,24-27,31-35,39-40,46-47,49H,8-16,20H2,1-7H3,(H,51,52)(H,53,54)/t21?,22?,24?,25-,26-,27-,31-,32-,33?,34?,35-,39+,40-,42-,43-,44-,45-/m0/s1. The van der Waals surface area contributed by atoms with Crippen molar-refractivity contribution >= 4 is 23.5 Å². The number of carbonyl (C=O) groups is 4. The molecule has 8 aliphatic rings. The Kier molecular flexibility index (Phi) is 10.0. The van der Waals surface area contributed by atoms with Gasteiger partial charge in [-0.15, -0.1) is 0 Å². The van der Waals surface area contributed by atoms with Gasteiger partial charge < -0.3 is 44.5 Å². The van der Waals surface area contributed by atoms with Crippen molar-refractivity contribution in [1.29, 1.82) is 0 Å². The number of aliphatic carboxylic acids is 2. The van der Waals surface area contributed by atoms with E-state index in [0.29, 0.717) is 24.5 Å². The number of ketones is 2. The minimum absolute atomic E-state index is 0.0324. The maximum Gasteiger partial charge on any atom is 0.336 e. The highest BCUT2D eigenvalue weighted by Crippen LogP contribution is 2.72. The average Bonchev–Trinajstić information content (AvgIpc) is 3.86. The van der Waals surface area contributed by atoms with Gasteiger partial charge in [0.05, 0.1) is 6.10 Å². The molecule has 0 aromatic heterocycles. The normalized spacial score (nSPS) is 49.4. The first kappa shape index (κ1) is 41.6. The zero-order valence-corrected chi connectivity index (χ0v) is 34.8. The molecule has 5 saturated carbocycles. The number of aliphatic hydroxyl groups excluding tert-OH is 3. The molecule has 13 heteroatoms. The largest absolute Gasteiger partial charge is 0.506 e. The van der Waals surface area contributed by atoms with Crippen molar-refractivity contribution in [3.63, 3.8) is 0 Å². The Balaban J connectivity index is 1.05. The molecule has 0 aromatic carbocycles. The Bertz CT molecular complexity index is 1850. The maximum atomic E-state index is 14.9. The minimum atomic E-state index is -1.76. The van der Waals surface area contributed by atoms with Crippen LogP contribution in [0.25, 0.3) is 0 Å². The van der Waals surface area contributed by atoms with E-state index in [9.17, 15) is 44.7 Å². The lowest BCUT2D eigenvalue weighted by molar-refractivity contribution is -0.272. The fraction of sp³-hybridized carbons (Fsp3) is 0.778. The molecule has 0 saturated heterocycles. The van der Waals surface area contributed by atoms with Crippen molar-refractivity contribution in [2.75, 3.05) is 0 Å². The number of carbonyl (C=O) groups excluding carboxylic acids is 2. The van der Waals surface area contributed by atoms with Gasteiger partial charge in [-0.2, -0.15) is 0 Å². The predicted molar refractivity (Wildman–Crippen MR) is 206 cm³/mol. The van der Waals surface area contributed by atoms with Crippen LogP contribution in [-0.2, 0) is 38.1 Å². The third-order valence-electron chi connectivity index (χ3n) is 17.1. The topological polar surface area (TPSA) is 206 Å². The first-order valence-electron chi connectivity index (χ1n) is 21.4. The van der Waals surface area contributed by atoms with Gasteiger partial charge in [-0.1, -0.05) is 54.0 Å². The molecule has 13 nitrogen and oxygen atoms in total. The van der Waals surface area contributed by atoms with Gasteiger partial charge in [-0.05, 0) is 128 Å². The summed E-state index contributed by atoms with van der Waals surface area (Å²) in [5.41, 5.74) is -0.182. The van der Waals surface area contributed by atoms with Crippen LogP contribution in [0.15, 0.2) is 35.3 Å². The van der Waals surface area contributed by atoms with Crippen molar-refractivity contribution < 1.29 is 63.7 Å². The van der Waals surface area contributed by atoms with Crippen LogP contribution in [0.5, 0.6) is 0 Å². The van der Waals surface area contributed by atoms with Gasteiger partial charge in [0.15, 0.2) is 29.5 Å². The average molecular weight is 811 g/mol. The number of fused-ring (bicyclic) bond motifs is 7. The summed E-state index contributed by atoms with van der Waals surface area (Å²) in [6.45, 7) is 15.6. The summed E-state index contributed by atoms with van der Waals surface area (Å²) < 4.78 is 23.6. The molecule has 0 spiro atoms. The van der Waals surface area contributed by atoms with Crippen LogP contribution >= 0.6 is 0 Å². The SMILES string of the molecule is CC1CC1C(=O)[C@@]1(C)CC[C@]2(C)CCC3C(=CC(=O)[C@@H]4[C@@]5(C)CC[C@H](O[C@H]6OC(C(=O)O)[C@@H](O)C=C6O[C@@H]6OC(C(=O)O)[C@@H](O)C=C6O)C(C)(C)[C@@H]5CC[C@@]34C)[C@@H]2C1.